The van der Waals surface area contributed by atoms with Crippen molar-refractivity contribution in [2.75, 3.05) is 49.9 Å². The Morgan fingerprint density at radius 1 is 1.00 bits per heavy atom. The molecule has 1 aromatic heterocycles. The molecule has 37 heavy (non-hydrogen) atoms. The van der Waals surface area contributed by atoms with Crippen molar-refractivity contribution in [2.45, 2.75) is 39.9 Å². The molecule has 1 amide bonds. The van der Waals surface area contributed by atoms with Crippen molar-refractivity contribution in [3.05, 3.63) is 70.6 Å². The second-order valence-electron chi connectivity index (χ2n) is 9.94. The summed E-state index contributed by atoms with van der Waals surface area (Å²) >= 11 is 0. The van der Waals surface area contributed by atoms with Crippen LogP contribution in [-0.2, 0) is 21.3 Å². The number of hydrogen-bond donors (Lipinski definition) is 1. The molecule has 0 radical (unpaired) electrons. The smallest absolute Gasteiger partial charge is 0.232 e. The van der Waals surface area contributed by atoms with Gasteiger partial charge >= 0.3 is 0 Å². The molecule has 1 unspecified atom stereocenters. The summed E-state index contributed by atoms with van der Waals surface area (Å²) in [6.07, 6.45) is 0.879. The number of amides is 1. The van der Waals surface area contributed by atoms with E-state index in [-0.39, 0.29) is 17.4 Å². The van der Waals surface area contributed by atoms with E-state index >= 15 is 0 Å². The van der Waals surface area contributed by atoms with Crippen LogP contribution in [0.2, 0.25) is 0 Å². The fourth-order valence-electron chi connectivity index (χ4n) is 4.59. The maximum atomic E-state index is 12.6. The number of piperazine rings is 1. The molecule has 0 spiro atoms. The number of hydrogen-bond acceptors (Lipinski definition) is 6. The highest BCUT2D eigenvalue weighted by Crippen LogP contribution is 2.24. The number of aromatic nitrogens is 1. The summed E-state index contributed by atoms with van der Waals surface area (Å²) in [6, 6.07) is 14.6. The molecule has 198 valence electrons. The van der Waals surface area contributed by atoms with Crippen molar-refractivity contribution in [1.82, 2.24) is 15.2 Å². The Kier molecular flexibility index (Phi) is 9.16. The Labute approximate surface area is 222 Å². The predicted molar refractivity (Wildman–Crippen MR) is 150 cm³/mol. The van der Waals surface area contributed by atoms with Crippen LogP contribution in [0.15, 0.2) is 46.9 Å². The van der Waals surface area contributed by atoms with Crippen molar-refractivity contribution in [3.63, 3.8) is 0 Å². The molecule has 1 saturated heterocycles. The molecule has 0 aliphatic carbocycles. The summed E-state index contributed by atoms with van der Waals surface area (Å²) in [6.45, 7) is 13.8. The number of oxazole rings is 1. The van der Waals surface area contributed by atoms with Gasteiger partial charge in [0.2, 0.25) is 11.8 Å². The summed E-state index contributed by atoms with van der Waals surface area (Å²) in [5.41, 5.74) is 6.64. The first kappa shape index (κ1) is 27.1. The zero-order valence-corrected chi connectivity index (χ0v) is 23.2. The number of anilines is 1. The molecule has 7 nitrogen and oxygen atoms in total. The number of nitrogens with zero attached hydrogens (tertiary/aromatic N) is 3. The zero-order valence-electron chi connectivity index (χ0n) is 22.4. The lowest BCUT2D eigenvalue weighted by atomic mass is 10.1. The first-order valence-electron chi connectivity index (χ1n) is 13.0. The highest BCUT2D eigenvalue weighted by Gasteiger charge is 2.19. The van der Waals surface area contributed by atoms with Crippen LogP contribution in [0.25, 0.3) is 11.5 Å². The van der Waals surface area contributed by atoms with Crippen LogP contribution in [0.5, 0.6) is 0 Å². The molecule has 1 N–H and O–H groups in total. The summed E-state index contributed by atoms with van der Waals surface area (Å²) in [5, 5.41) is 2.93. The van der Waals surface area contributed by atoms with Crippen LogP contribution >= 0.6 is 0 Å². The van der Waals surface area contributed by atoms with Crippen LogP contribution in [0.1, 0.15) is 34.6 Å². The van der Waals surface area contributed by atoms with Crippen molar-refractivity contribution in [2.24, 2.45) is 0 Å². The van der Waals surface area contributed by atoms with E-state index in [0.717, 1.165) is 50.3 Å². The molecule has 2 aromatic carbocycles. The lowest BCUT2D eigenvalue weighted by molar-refractivity contribution is -0.118. The van der Waals surface area contributed by atoms with Crippen LogP contribution in [0.4, 0.5) is 5.69 Å². The highest BCUT2D eigenvalue weighted by molar-refractivity contribution is 7.84. The summed E-state index contributed by atoms with van der Waals surface area (Å²) in [5.74, 6) is 1.16. The molecule has 4 rings (SSSR count). The first-order valence-corrected chi connectivity index (χ1v) is 14.5. The fraction of sp³-hybridized carbons (Fsp3) is 0.448. The second-order valence-corrected chi connectivity index (χ2v) is 11.4. The molecule has 1 atom stereocenters. The quantitative estimate of drug-likeness (QED) is 0.403. The summed E-state index contributed by atoms with van der Waals surface area (Å²) in [4.78, 5) is 21.8. The molecule has 8 heteroatoms. The van der Waals surface area contributed by atoms with Gasteiger partial charge in [-0.15, -0.1) is 0 Å². The average Bonchev–Trinajstić information content (AvgIpc) is 3.24. The lowest BCUT2D eigenvalue weighted by Crippen LogP contribution is -2.47. The Hall–Kier alpha value is -2.97. The van der Waals surface area contributed by atoms with E-state index in [1.54, 1.807) is 0 Å². The van der Waals surface area contributed by atoms with Crippen molar-refractivity contribution < 1.29 is 13.4 Å². The Balaban J connectivity index is 1.14. The highest BCUT2D eigenvalue weighted by atomic mass is 32.2. The third kappa shape index (κ3) is 7.52. The van der Waals surface area contributed by atoms with Crippen LogP contribution in [0, 0.1) is 27.7 Å². The predicted octanol–water partition coefficient (Wildman–Crippen LogP) is 4.15. The van der Waals surface area contributed by atoms with Gasteiger partial charge in [-0.3, -0.25) is 13.9 Å². The van der Waals surface area contributed by atoms with Crippen LogP contribution in [0.3, 0.4) is 0 Å². The number of carbonyl (C=O) groups excluding carboxylic acids is 1. The normalized spacial score (nSPS) is 15.1. The minimum atomic E-state index is -1.34. The number of nitrogens with one attached hydrogen (secondary N) is 1. The molecule has 3 aromatic rings. The van der Waals surface area contributed by atoms with Gasteiger partial charge in [-0.05, 0) is 70.0 Å². The molecule has 1 aliphatic heterocycles. The van der Waals surface area contributed by atoms with Gasteiger partial charge in [-0.2, -0.15) is 0 Å². The van der Waals surface area contributed by atoms with E-state index in [2.05, 4.69) is 52.1 Å². The molecule has 1 aliphatic rings. The van der Waals surface area contributed by atoms with Crippen LogP contribution in [-0.4, -0.2) is 65.0 Å². The fourth-order valence-corrected chi connectivity index (χ4v) is 5.65. The summed E-state index contributed by atoms with van der Waals surface area (Å²) < 4.78 is 18.4. The van der Waals surface area contributed by atoms with E-state index in [4.69, 9.17) is 4.42 Å². The van der Waals surface area contributed by atoms with Gasteiger partial charge in [0.25, 0.3) is 0 Å². The third-order valence-corrected chi connectivity index (χ3v) is 8.01. The summed E-state index contributed by atoms with van der Waals surface area (Å²) in [7, 11) is -1.34. The third-order valence-electron chi connectivity index (χ3n) is 6.83. The molecule has 2 heterocycles. The Bertz CT molecular complexity index is 1230. The van der Waals surface area contributed by atoms with E-state index in [9.17, 15) is 9.00 Å². The van der Waals surface area contributed by atoms with Crippen molar-refractivity contribution in [3.8, 4) is 11.5 Å². The second kappa shape index (κ2) is 12.5. The molecule has 1 fully saturated rings. The molecule has 0 bridgehead atoms. The van der Waals surface area contributed by atoms with Gasteiger partial charge in [0, 0.05) is 54.8 Å². The number of aryl methyl sites for hydroxylation is 4. The van der Waals surface area contributed by atoms with Gasteiger partial charge in [-0.1, -0.05) is 29.8 Å². The van der Waals surface area contributed by atoms with Crippen LogP contribution < -0.4 is 10.2 Å². The number of carbonyl (C=O) groups is 1. The SMILES string of the molecule is Cc1ccc(-c2nc(CS(=O)CC(=O)NCCCN3CCN(c4cc(C)ccc4C)CC3)c(C)o2)cc1. The maximum Gasteiger partial charge on any atom is 0.232 e. The minimum absolute atomic E-state index is 0.0271. The number of benzene rings is 2. The number of rotatable bonds is 10. The van der Waals surface area contributed by atoms with Gasteiger partial charge in [-0.25, -0.2) is 4.98 Å². The van der Waals surface area contributed by atoms with E-state index in [1.165, 1.54) is 16.8 Å². The Morgan fingerprint density at radius 2 is 1.70 bits per heavy atom. The van der Waals surface area contributed by atoms with Gasteiger partial charge in [0.1, 0.15) is 11.5 Å². The van der Waals surface area contributed by atoms with E-state index in [1.807, 2.05) is 38.1 Å². The zero-order chi connectivity index (χ0) is 26.4. The molecule has 0 saturated carbocycles. The Morgan fingerprint density at radius 3 is 2.43 bits per heavy atom. The van der Waals surface area contributed by atoms with Gasteiger partial charge < -0.3 is 14.6 Å². The largest absolute Gasteiger partial charge is 0.441 e. The maximum absolute atomic E-state index is 12.6. The standard InChI is InChI=1S/C29H38N4O3S/c1-21-7-10-25(11-8-21)29-31-26(24(4)36-29)19-37(35)20-28(34)30-12-5-13-32-14-16-33(17-15-32)27-18-22(2)6-9-23(27)3/h6-11,18H,5,12-17,19-20H2,1-4H3,(H,30,34). The van der Waals surface area contributed by atoms with Gasteiger partial charge in [0.15, 0.2) is 0 Å². The van der Waals surface area contributed by atoms with Crippen molar-refractivity contribution >= 4 is 22.4 Å². The topological polar surface area (TPSA) is 78.7 Å². The van der Waals surface area contributed by atoms with Gasteiger partial charge in [0.05, 0.1) is 11.4 Å². The van der Waals surface area contributed by atoms with Crippen molar-refractivity contribution in [1.29, 1.82) is 0 Å². The minimum Gasteiger partial charge on any atom is -0.441 e. The van der Waals surface area contributed by atoms with E-state index < -0.39 is 10.8 Å². The average molecular weight is 523 g/mol. The molecular formula is C29H38N4O3S. The molecular weight excluding hydrogens is 484 g/mol. The lowest BCUT2D eigenvalue weighted by Gasteiger charge is -2.37. The first-order chi connectivity index (χ1) is 17.8. The monoisotopic (exact) mass is 522 g/mol. The van der Waals surface area contributed by atoms with E-state index in [0.29, 0.717) is 23.9 Å².